The molecule has 0 saturated heterocycles. The largest absolute Gasteiger partial charge is 0.392 e. The molecule has 0 aliphatic carbocycles. The molecule has 0 heterocycles. The third-order valence-electron chi connectivity index (χ3n) is 1.39. The maximum atomic E-state index is 12.0. The fourth-order valence-corrected chi connectivity index (χ4v) is 0.809. The van der Waals surface area contributed by atoms with Gasteiger partial charge in [0, 0.05) is 13.3 Å². The molecule has 0 bridgehead atoms. The zero-order valence-electron chi connectivity index (χ0n) is 6.53. The number of hydrogen-bond acceptors (Lipinski definition) is 1. The summed E-state index contributed by atoms with van der Waals surface area (Å²) in [5, 5.41) is 0. The van der Waals surface area contributed by atoms with Gasteiger partial charge in [-0.3, -0.25) is 4.79 Å². The lowest BCUT2D eigenvalue weighted by molar-refractivity contribution is -0.176. The van der Waals surface area contributed by atoms with Crippen molar-refractivity contribution in [3.8, 4) is 0 Å². The lowest BCUT2D eigenvalue weighted by atomic mass is 9.99. The molecule has 0 aromatic rings. The monoisotopic (exact) mass is 179 g/mol. The van der Waals surface area contributed by atoms with Gasteiger partial charge in [-0.1, -0.05) is 6.08 Å². The molecule has 4 heteroatoms. The zero-order valence-corrected chi connectivity index (χ0v) is 6.53. The van der Waals surface area contributed by atoms with Crippen LogP contribution in [0.4, 0.5) is 13.2 Å². The van der Waals surface area contributed by atoms with Crippen molar-refractivity contribution in [1.29, 1.82) is 0 Å². The van der Waals surface area contributed by atoms with Gasteiger partial charge in [0.2, 0.25) is 0 Å². The molecule has 0 spiro atoms. The van der Waals surface area contributed by atoms with Crippen molar-refractivity contribution >= 4 is 5.78 Å². The summed E-state index contributed by atoms with van der Waals surface area (Å²) in [7, 11) is 0. The molecule has 1 atom stereocenters. The number of Topliss-reactive ketones (excluding diaryl/α,β-unsaturated/α-hetero) is 1. The molecule has 0 amide bonds. The lowest BCUT2D eigenvalue weighted by Gasteiger charge is -2.16. The number of carbonyl (C=O) groups is 1. The van der Waals surface area contributed by atoms with Crippen LogP contribution in [0.3, 0.4) is 0 Å². The number of halogens is 3. The van der Waals surface area contributed by atoms with E-state index in [-0.39, 0.29) is 6.42 Å². The van der Waals surface area contributed by atoms with E-state index in [1.165, 1.54) is 0 Å². The Morgan fingerprint density at radius 3 is 2.25 bits per heavy atom. The zero-order chi connectivity index (χ0) is 9.78. The highest BCUT2D eigenvalue weighted by atomic mass is 19.4. The van der Waals surface area contributed by atoms with Gasteiger partial charge in [0.05, 0.1) is 5.92 Å². The summed E-state index contributed by atoms with van der Waals surface area (Å²) in [6, 6.07) is 0. The predicted octanol–water partition coefficient (Wildman–Crippen LogP) is 2.53. The van der Waals surface area contributed by atoms with Gasteiger partial charge in [-0.2, -0.15) is 13.2 Å². The molecule has 0 saturated carbocycles. The van der Waals surface area contributed by atoms with Crippen molar-refractivity contribution < 1.29 is 18.0 Å². The number of hydrogen-bond donors (Lipinski definition) is 0. The van der Waals surface area contributed by atoms with E-state index in [1.807, 2.05) is 0 Å². The quantitative estimate of drug-likeness (QED) is 0.606. The third-order valence-corrected chi connectivity index (χ3v) is 1.39. The first-order valence-electron chi connectivity index (χ1n) is 3.40. The Hall–Kier alpha value is -0.800. The van der Waals surface area contributed by atoms with E-state index in [4.69, 9.17) is 0 Å². The number of carbonyl (C=O) groups excluding carboxylic acids is 1. The van der Waals surface area contributed by atoms with Crippen LogP contribution in [0.5, 0.6) is 0 Å². The van der Waals surface area contributed by atoms with Gasteiger partial charge in [-0.25, -0.2) is 0 Å². The second kappa shape index (κ2) is 4.28. The summed E-state index contributed by atoms with van der Waals surface area (Å²) in [5.74, 6) is -2.32. The van der Waals surface area contributed by atoms with Crippen LogP contribution in [0.25, 0.3) is 0 Å². The Balaban J connectivity index is 4.22. The summed E-state index contributed by atoms with van der Waals surface area (Å²) in [6.45, 7) is 6.09. The minimum Gasteiger partial charge on any atom is -0.300 e. The second-order valence-electron chi connectivity index (χ2n) is 2.51. The van der Waals surface area contributed by atoms with Crippen LogP contribution in [0, 0.1) is 12.8 Å². The minimum absolute atomic E-state index is 0.231. The molecule has 1 nitrogen and oxygen atoms in total. The molecule has 69 valence electrons. The molecule has 0 aliphatic heterocycles. The topological polar surface area (TPSA) is 17.1 Å². The Morgan fingerprint density at radius 2 is 2.00 bits per heavy atom. The molecule has 0 aromatic carbocycles. The van der Waals surface area contributed by atoms with Gasteiger partial charge in [-0.05, 0) is 6.42 Å². The molecule has 12 heavy (non-hydrogen) atoms. The fourth-order valence-electron chi connectivity index (χ4n) is 0.809. The van der Waals surface area contributed by atoms with Gasteiger partial charge in [0.1, 0.15) is 5.78 Å². The average Bonchev–Trinajstić information content (AvgIpc) is 1.83. The maximum absolute atomic E-state index is 12.0. The molecule has 1 radical (unpaired) electrons. The van der Waals surface area contributed by atoms with E-state index < -0.39 is 24.3 Å². The standard InChI is InChI=1S/C8H10F3O/c1-3-4-7(5-6(2)12)8(9,10)11/h3,7H,1-2,4-5H2/t7-/m1/s1. The van der Waals surface area contributed by atoms with E-state index in [0.717, 1.165) is 6.08 Å². The Kier molecular flexibility index (Phi) is 4.00. The van der Waals surface area contributed by atoms with Crippen molar-refractivity contribution in [2.45, 2.75) is 19.0 Å². The van der Waals surface area contributed by atoms with Crippen LogP contribution in [-0.2, 0) is 4.79 Å². The first-order chi connectivity index (χ1) is 5.38. The highest BCUT2D eigenvalue weighted by molar-refractivity contribution is 5.82. The van der Waals surface area contributed by atoms with E-state index in [0.29, 0.717) is 0 Å². The normalized spacial score (nSPS) is 14.0. The highest BCUT2D eigenvalue weighted by Gasteiger charge is 2.38. The fraction of sp³-hybridized carbons (Fsp3) is 0.500. The summed E-state index contributed by atoms with van der Waals surface area (Å²) >= 11 is 0. The summed E-state index contributed by atoms with van der Waals surface area (Å²) in [5.41, 5.74) is 0. The van der Waals surface area contributed by atoms with Gasteiger partial charge in [0.15, 0.2) is 0 Å². The molecular formula is C8H10F3O. The highest BCUT2D eigenvalue weighted by Crippen LogP contribution is 2.31. The predicted molar refractivity (Wildman–Crippen MR) is 39.3 cm³/mol. The van der Waals surface area contributed by atoms with Crippen LogP contribution >= 0.6 is 0 Å². The molecule has 0 unspecified atom stereocenters. The molecule has 0 aromatic heterocycles. The Bertz CT molecular complexity index is 172. The lowest BCUT2D eigenvalue weighted by Crippen LogP contribution is -2.24. The van der Waals surface area contributed by atoms with Crippen LogP contribution in [0.15, 0.2) is 12.7 Å². The maximum Gasteiger partial charge on any atom is 0.392 e. The van der Waals surface area contributed by atoms with Gasteiger partial charge in [-0.15, -0.1) is 6.58 Å². The summed E-state index contributed by atoms with van der Waals surface area (Å²) < 4.78 is 36.1. The Morgan fingerprint density at radius 1 is 1.50 bits per heavy atom. The van der Waals surface area contributed by atoms with Crippen molar-refractivity contribution in [3.63, 3.8) is 0 Å². The van der Waals surface area contributed by atoms with Crippen molar-refractivity contribution in [1.82, 2.24) is 0 Å². The smallest absolute Gasteiger partial charge is 0.300 e. The van der Waals surface area contributed by atoms with E-state index in [9.17, 15) is 18.0 Å². The van der Waals surface area contributed by atoms with Crippen molar-refractivity contribution in [2.75, 3.05) is 0 Å². The van der Waals surface area contributed by atoms with Crippen molar-refractivity contribution in [3.05, 3.63) is 19.6 Å². The molecule has 0 aliphatic rings. The third kappa shape index (κ3) is 4.16. The van der Waals surface area contributed by atoms with Gasteiger partial charge >= 0.3 is 6.18 Å². The van der Waals surface area contributed by atoms with E-state index in [1.54, 1.807) is 0 Å². The van der Waals surface area contributed by atoms with Crippen LogP contribution in [0.1, 0.15) is 12.8 Å². The van der Waals surface area contributed by atoms with E-state index in [2.05, 4.69) is 13.5 Å². The molecule has 0 N–H and O–H groups in total. The SMILES string of the molecule is [CH2]C(=O)C[C@@H](CC=C)C(F)(F)F. The molecular weight excluding hydrogens is 169 g/mol. The summed E-state index contributed by atoms with van der Waals surface area (Å²) in [6.07, 6.45) is -3.97. The van der Waals surface area contributed by atoms with Crippen LogP contribution < -0.4 is 0 Å². The minimum atomic E-state index is -4.33. The first-order valence-corrected chi connectivity index (χ1v) is 3.40. The first kappa shape index (κ1) is 11.2. The average molecular weight is 179 g/mol. The van der Waals surface area contributed by atoms with Gasteiger partial charge < -0.3 is 0 Å². The molecule has 0 rings (SSSR count). The number of rotatable bonds is 4. The summed E-state index contributed by atoms with van der Waals surface area (Å²) in [4.78, 5) is 10.3. The second-order valence-corrected chi connectivity index (χ2v) is 2.51. The van der Waals surface area contributed by atoms with Gasteiger partial charge in [0.25, 0.3) is 0 Å². The number of alkyl halides is 3. The number of ketones is 1. The van der Waals surface area contributed by atoms with Crippen molar-refractivity contribution in [2.24, 2.45) is 5.92 Å². The van der Waals surface area contributed by atoms with Crippen LogP contribution in [0.2, 0.25) is 0 Å². The van der Waals surface area contributed by atoms with E-state index >= 15 is 0 Å². The Labute approximate surface area is 69.3 Å². The number of allylic oxidation sites excluding steroid dienone is 1. The molecule has 0 fully saturated rings. The van der Waals surface area contributed by atoms with Crippen LogP contribution in [-0.4, -0.2) is 12.0 Å².